The van der Waals surface area contributed by atoms with E-state index in [1.54, 1.807) is 24.3 Å². The number of carboxylic acids is 1. The predicted octanol–water partition coefficient (Wildman–Crippen LogP) is 0.426. The number of aromatic hydroxyl groups is 1. The molecule has 0 fully saturated rings. The van der Waals surface area contributed by atoms with Crippen LogP contribution in [0.15, 0.2) is 34.0 Å². The van der Waals surface area contributed by atoms with Crippen molar-refractivity contribution in [3.63, 3.8) is 0 Å². The van der Waals surface area contributed by atoms with Gasteiger partial charge in [-0.1, -0.05) is 12.1 Å². The summed E-state index contributed by atoms with van der Waals surface area (Å²) in [5, 5.41) is 18.8. The Bertz CT molecular complexity index is 706. The van der Waals surface area contributed by atoms with Gasteiger partial charge in [0, 0.05) is 5.39 Å². The van der Waals surface area contributed by atoms with Gasteiger partial charge in [0.05, 0.1) is 16.3 Å². The lowest BCUT2D eigenvalue weighted by Crippen LogP contribution is -2.19. The molecule has 0 spiro atoms. The summed E-state index contributed by atoms with van der Waals surface area (Å²) in [7, 11) is -2.09. The van der Waals surface area contributed by atoms with Crippen molar-refractivity contribution in [2.75, 3.05) is 5.75 Å². The number of carboxylic acid groups (broad SMARTS) is 1. The van der Waals surface area contributed by atoms with E-state index in [0.29, 0.717) is 10.9 Å². The van der Waals surface area contributed by atoms with Crippen LogP contribution < -0.4 is 5.56 Å². The van der Waals surface area contributed by atoms with E-state index < -0.39 is 38.7 Å². The number of aliphatic carboxylic acids is 1. The van der Waals surface area contributed by atoms with Crippen molar-refractivity contribution in [2.45, 2.75) is 4.90 Å². The van der Waals surface area contributed by atoms with E-state index in [1.807, 2.05) is 0 Å². The third kappa shape index (κ3) is 2.12. The molecule has 6 nitrogen and oxygen atoms in total. The molecule has 0 unspecified atom stereocenters. The fraction of sp³-hybridized carbons (Fsp3) is 0.0909. The summed E-state index contributed by atoms with van der Waals surface area (Å²) in [6, 6.07) is 6.44. The Morgan fingerprint density at radius 1 is 1.33 bits per heavy atom. The molecule has 1 atom stereocenters. The average Bonchev–Trinajstić information content (AvgIpc) is 2.27. The number of fused-ring (bicyclic) bond motifs is 1. The van der Waals surface area contributed by atoms with E-state index in [-0.39, 0.29) is 0 Å². The fourth-order valence-electron chi connectivity index (χ4n) is 1.60. The molecule has 0 radical (unpaired) electrons. The van der Waals surface area contributed by atoms with Gasteiger partial charge in [-0.15, -0.1) is 0 Å². The molecule has 0 amide bonds. The average molecular weight is 267 g/mol. The van der Waals surface area contributed by atoms with Crippen molar-refractivity contribution in [3.05, 3.63) is 34.6 Å². The molecule has 0 saturated heterocycles. The standard InChI is InChI=1S/C11H9NO5S/c13-8(14)5-18(17)10-9(15)6-3-1-2-4-7(6)12-11(10)16/h1-4H,5H2,(H,13,14)(H2,12,15,16)/t18-/m0/s1. The predicted molar refractivity (Wildman–Crippen MR) is 65.1 cm³/mol. The number of carbonyl (C=O) groups is 1. The zero-order valence-corrected chi connectivity index (χ0v) is 9.86. The van der Waals surface area contributed by atoms with Crippen LogP contribution in [0.1, 0.15) is 0 Å². The van der Waals surface area contributed by atoms with Crippen molar-refractivity contribution in [1.29, 1.82) is 0 Å². The molecule has 94 valence electrons. The quantitative estimate of drug-likeness (QED) is 0.747. The number of H-pyrrole nitrogens is 1. The highest BCUT2D eigenvalue weighted by Crippen LogP contribution is 2.26. The summed E-state index contributed by atoms with van der Waals surface area (Å²) in [6.07, 6.45) is 0. The van der Waals surface area contributed by atoms with Crippen LogP contribution in [0.3, 0.4) is 0 Å². The maximum atomic E-state index is 11.7. The molecule has 1 aromatic carbocycles. The summed E-state index contributed by atoms with van der Waals surface area (Å²) >= 11 is 0. The second-order valence-corrected chi connectivity index (χ2v) is 4.95. The van der Waals surface area contributed by atoms with Crippen molar-refractivity contribution in [3.8, 4) is 5.75 Å². The van der Waals surface area contributed by atoms with Crippen LogP contribution in [0.2, 0.25) is 0 Å². The largest absolute Gasteiger partial charge is 0.506 e. The van der Waals surface area contributed by atoms with Crippen molar-refractivity contribution in [2.24, 2.45) is 0 Å². The van der Waals surface area contributed by atoms with Gasteiger partial charge in [-0.05, 0) is 12.1 Å². The summed E-state index contributed by atoms with van der Waals surface area (Å²) in [4.78, 5) is 24.2. The molecule has 0 aliphatic carbocycles. The highest BCUT2D eigenvalue weighted by atomic mass is 32.2. The Labute approximate surface area is 103 Å². The summed E-state index contributed by atoms with van der Waals surface area (Å²) < 4.78 is 11.7. The molecule has 0 bridgehead atoms. The third-order valence-corrected chi connectivity index (χ3v) is 3.68. The molecule has 2 rings (SSSR count). The zero-order chi connectivity index (χ0) is 13.3. The Balaban J connectivity index is 2.68. The number of aromatic amines is 1. The minimum absolute atomic E-state index is 0.325. The molecular formula is C11H9NO5S. The molecule has 3 N–H and O–H groups in total. The van der Waals surface area contributed by atoms with Crippen LogP contribution in [0.25, 0.3) is 10.9 Å². The topological polar surface area (TPSA) is 107 Å². The van der Waals surface area contributed by atoms with Crippen LogP contribution in [0.4, 0.5) is 0 Å². The van der Waals surface area contributed by atoms with Crippen LogP contribution in [-0.4, -0.2) is 31.1 Å². The second kappa shape index (κ2) is 4.61. The molecule has 18 heavy (non-hydrogen) atoms. The highest BCUT2D eigenvalue weighted by Gasteiger charge is 2.19. The van der Waals surface area contributed by atoms with Gasteiger partial charge in [-0.3, -0.25) is 13.8 Å². The van der Waals surface area contributed by atoms with Crippen LogP contribution in [0, 0.1) is 0 Å². The maximum absolute atomic E-state index is 11.7. The van der Waals surface area contributed by atoms with Crippen LogP contribution in [-0.2, 0) is 15.6 Å². The number of para-hydroxylation sites is 1. The van der Waals surface area contributed by atoms with Gasteiger partial charge in [0.15, 0.2) is 0 Å². The maximum Gasteiger partial charge on any atom is 0.316 e. The van der Waals surface area contributed by atoms with E-state index in [9.17, 15) is 18.9 Å². The Hall–Kier alpha value is -2.15. The van der Waals surface area contributed by atoms with Gasteiger partial charge >= 0.3 is 5.97 Å². The van der Waals surface area contributed by atoms with Crippen molar-refractivity contribution >= 4 is 27.7 Å². The first-order chi connectivity index (χ1) is 8.50. The molecule has 7 heteroatoms. The van der Waals surface area contributed by atoms with E-state index in [4.69, 9.17) is 5.11 Å². The Morgan fingerprint density at radius 2 is 2.00 bits per heavy atom. The minimum Gasteiger partial charge on any atom is -0.506 e. The number of benzene rings is 1. The summed E-state index contributed by atoms with van der Waals surface area (Å²) in [5.74, 6) is -2.47. The molecule has 0 saturated carbocycles. The van der Waals surface area contributed by atoms with Gasteiger partial charge in [0.2, 0.25) is 0 Å². The number of rotatable bonds is 3. The lowest BCUT2D eigenvalue weighted by atomic mass is 10.2. The number of nitrogens with one attached hydrogen (secondary N) is 1. The Kier molecular flexibility index (Phi) is 3.15. The molecule has 1 aromatic heterocycles. The van der Waals surface area contributed by atoms with E-state index in [0.717, 1.165) is 0 Å². The summed E-state index contributed by atoms with van der Waals surface area (Å²) in [5.41, 5.74) is -0.346. The molecule has 2 aromatic rings. The Morgan fingerprint density at radius 3 is 2.67 bits per heavy atom. The van der Waals surface area contributed by atoms with Gasteiger partial charge in [-0.2, -0.15) is 0 Å². The molecule has 0 aliphatic heterocycles. The number of pyridine rings is 1. The van der Waals surface area contributed by atoms with Gasteiger partial charge in [-0.25, -0.2) is 0 Å². The smallest absolute Gasteiger partial charge is 0.316 e. The van der Waals surface area contributed by atoms with Gasteiger partial charge < -0.3 is 15.2 Å². The zero-order valence-electron chi connectivity index (χ0n) is 9.04. The second-order valence-electron chi connectivity index (χ2n) is 3.56. The monoisotopic (exact) mass is 267 g/mol. The first-order valence-corrected chi connectivity index (χ1v) is 6.26. The summed E-state index contributed by atoms with van der Waals surface area (Å²) in [6.45, 7) is 0. The van der Waals surface area contributed by atoms with E-state index in [2.05, 4.69) is 4.98 Å². The third-order valence-electron chi connectivity index (χ3n) is 2.33. The van der Waals surface area contributed by atoms with E-state index in [1.165, 1.54) is 0 Å². The fourth-order valence-corrected chi connectivity index (χ4v) is 2.56. The van der Waals surface area contributed by atoms with Crippen LogP contribution >= 0.6 is 0 Å². The normalized spacial score (nSPS) is 12.4. The SMILES string of the molecule is O=C(O)C[S@](=O)c1c(O)c2ccccc2[nH]c1=O. The first kappa shape index (κ1) is 12.3. The van der Waals surface area contributed by atoms with Crippen molar-refractivity contribution in [1.82, 2.24) is 4.98 Å². The lowest BCUT2D eigenvalue weighted by molar-refractivity contribution is -0.133. The molecule has 0 aliphatic rings. The van der Waals surface area contributed by atoms with Gasteiger partial charge in [0.1, 0.15) is 16.4 Å². The lowest BCUT2D eigenvalue weighted by Gasteiger charge is -2.05. The molecule has 1 heterocycles. The number of hydrogen-bond donors (Lipinski definition) is 3. The molecular weight excluding hydrogens is 258 g/mol. The van der Waals surface area contributed by atoms with Crippen molar-refractivity contribution < 1.29 is 19.2 Å². The number of hydrogen-bond acceptors (Lipinski definition) is 4. The first-order valence-electron chi connectivity index (χ1n) is 4.95. The minimum atomic E-state index is -2.09. The van der Waals surface area contributed by atoms with E-state index >= 15 is 0 Å². The number of aromatic nitrogens is 1. The van der Waals surface area contributed by atoms with Crippen LogP contribution in [0.5, 0.6) is 5.75 Å². The van der Waals surface area contributed by atoms with Gasteiger partial charge in [0.25, 0.3) is 5.56 Å². The highest BCUT2D eigenvalue weighted by molar-refractivity contribution is 7.85.